The van der Waals surface area contributed by atoms with Crippen LogP contribution < -0.4 is 5.73 Å². The van der Waals surface area contributed by atoms with Crippen molar-refractivity contribution in [3.8, 4) is 0 Å². The lowest BCUT2D eigenvalue weighted by atomic mass is 10.2. The van der Waals surface area contributed by atoms with Crippen molar-refractivity contribution in [3.05, 3.63) is 44.8 Å². The first-order valence-corrected chi connectivity index (χ1v) is 8.33. The minimum absolute atomic E-state index is 0.603. The first-order valence-electron chi connectivity index (χ1n) is 6.72. The fraction of sp³-hybridized carbons (Fsp3) is 0.267. The highest BCUT2D eigenvalue weighted by Crippen LogP contribution is 2.26. The van der Waals surface area contributed by atoms with Gasteiger partial charge in [0.15, 0.2) is 0 Å². The molecule has 0 aliphatic heterocycles. The average molecular weight is 366 g/mol. The number of thiophene rings is 1. The van der Waals surface area contributed by atoms with Crippen LogP contribution in [0.3, 0.4) is 0 Å². The molecular weight excluding hydrogens is 350 g/mol. The lowest BCUT2D eigenvalue weighted by molar-refractivity contribution is 0.184. The lowest BCUT2D eigenvalue weighted by Gasteiger charge is -2.10. The van der Waals surface area contributed by atoms with E-state index >= 15 is 0 Å². The number of nitrogens with two attached hydrogens (primary N) is 1. The van der Waals surface area contributed by atoms with Gasteiger partial charge < -0.3 is 15.4 Å². The molecular formula is C15H16BrN3OS. The van der Waals surface area contributed by atoms with Crippen molar-refractivity contribution in [3.63, 3.8) is 0 Å². The molecule has 6 heteroatoms. The molecule has 0 fully saturated rings. The van der Waals surface area contributed by atoms with Crippen molar-refractivity contribution in [2.75, 3.05) is 5.73 Å². The number of anilines is 1. The van der Waals surface area contributed by atoms with Crippen molar-refractivity contribution in [1.29, 1.82) is 0 Å². The van der Waals surface area contributed by atoms with Crippen LogP contribution in [0.4, 0.5) is 5.69 Å². The molecule has 0 spiro atoms. The Morgan fingerprint density at radius 1 is 1.38 bits per heavy atom. The summed E-state index contributed by atoms with van der Waals surface area (Å²) in [5.41, 5.74) is 8.34. The van der Waals surface area contributed by atoms with Crippen molar-refractivity contribution in [2.24, 2.45) is 0 Å². The molecule has 21 heavy (non-hydrogen) atoms. The number of hydrogen-bond donors (Lipinski definition) is 2. The van der Waals surface area contributed by atoms with Gasteiger partial charge in [-0.05, 0) is 59.6 Å². The van der Waals surface area contributed by atoms with Crippen LogP contribution in [0.2, 0.25) is 0 Å². The summed E-state index contributed by atoms with van der Waals surface area (Å²) in [6, 6.07) is 9.86. The molecule has 3 N–H and O–H groups in total. The first kappa shape index (κ1) is 14.6. The average Bonchev–Trinajstić information content (AvgIpc) is 2.99. The molecule has 4 nitrogen and oxygen atoms in total. The Labute approximate surface area is 135 Å². The van der Waals surface area contributed by atoms with Gasteiger partial charge in [0.05, 0.1) is 14.8 Å². The molecule has 1 atom stereocenters. The van der Waals surface area contributed by atoms with Gasteiger partial charge in [0.25, 0.3) is 0 Å². The van der Waals surface area contributed by atoms with Crippen LogP contribution in [-0.4, -0.2) is 14.7 Å². The number of aliphatic hydroxyl groups excluding tert-OH is 1. The molecule has 0 aliphatic carbocycles. The molecule has 1 aromatic carbocycles. The molecule has 0 radical (unpaired) electrons. The van der Waals surface area contributed by atoms with Crippen molar-refractivity contribution in [2.45, 2.75) is 26.0 Å². The van der Waals surface area contributed by atoms with E-state index < -0.39 is 6.10 Å². The SMILES string of the molecule is CC(O)c1nc2cc(N)ccc2n1CCc1ccc(Br)s1. The zero-order valence-corrected chi connectivity index (χ0v) is 14.0. The monoisotopic (exact) mass is 365 g/mol. The number of aromatic nitrogens is 2. The topological polar surface area (TPSA) is 64.1 Å². The third kappa shape index (κ3) is 2.97. The summed E-state index contributed by atoms with van der Waals surface area (Å²) in [4.78, 5) is 5.82. The van der Waals surface area contributed by atoms with Crippen LogP contribution >= 0.6 is 27.3 Å². The molecule has 0 saturated heterocycles. The fourth-order valence-electron chi connectivity index (χ4n) is 2.43. The highest BCUT2D eigenvalue weighted by Gasteiger charge is 2.15. The highest BCUT2D eigenvalue weighted by molar-refractivity contribution is 9.11. The van der Waals surface area contributed by atoms with E-state index in [0.717, 1.165) is 27.8 Å². The Kier molecular flexibility index (Phi) is 4.01. The number of halogens is 1. The summed E-state index contributed by atoms with van der Waals surface area (Å²) in [5.74, 6) is 0.686. The predicted molar refractivity (Wildman–Crippen MR) is 90.5 cm³/mol. The van der Waals surface area contributed by atoms with Gasteiger partial charge in [-0.2, -0.15) is 0 Å². The van der Waals surface area contributed by atoms with E-state index in [2.05, 4.69) is 37.6 Å². The fourth-order valence-corrected chi connectivity index (χ4v) is 3.90. The number of nitrogen functional groups attached to an aromatic ring is 1. The van der Waals surface area contributed by atoms with Crippen LogP contribution in [0.5, 0.6) is 0 Å². The van der Waals surface area contributed by atoms with Crippen LogP contribution in [0.25, 0.3) is 11.0 Å². The van der Waals surface area contributed by atoms with Crippen LogP contribution in [-0.2, 0) is 13.0 Å². The van der Waals surface area contributed by atoms with E-state index in [4.69, 9.17) is 5.73 Å². The largest absolute Gasteiger partial charge is 0.399 e. The quantitative estimate of drug-likeness (QED) is 0.692. The van der Waals surface area contributed by atoms with Crippen LogP contribution in [0, 0.1) is 0 Å². The van der Waals surface area contributed by atoms with E-state index in [1.165, 1.54) is 4.88 Å². The Bertz CT molecular complexity index is 778. The van der Waals surface area contributed by atoms with Gasteiger partial charge in [0, 0.05) is 17.1 Å². The molecule has 2 aromatic heterocycles. The first-order chi connectivity index (χ1) is 10.0. The maximum Gasteiger partial charge on any atom is 0.138 e. The van der Waals surface area contributed by atoms with Crippen molar-refractivity contribution < 1.29 is 5.11 Å². The minimum Gasteiger partial charge on any atom is -0.399 e. The second kappa shape index (κ2) is 5.79. The van der Waals surface area contributed by atoms with E-state index in [0.29, 0.717) is 11.5 Å². The van der Waals surface area contributed by atoms with Gasteiger partial charge in [-0.25, -0.2) is 4.98 Å². The number of rotatable bonds is 4. The summed E-state index contributed by atoms with van der Waals surface area (Å²) in [6.07, 6.45) is 0.305. The minimum atomic E-state index is -0.603. The van der Waals surface area contributed by atoms with Crippen LogP contribution in [0.1, 0.15) is 23.7 Å². The number of benzene rings is 1. The summed E-state index contributed by atoms with van der Waals surface area (Å²) in [7, 11) is 0. The molecule has 2 heterocycles. The number of aliphatic hydroxyl groups is 1. The molecule has 0 amide bonds. The van der Waals surface area contributed by atoms with E-state index in [9.17, 15) is 5.11 Å². The zero-order chi connectivity index (χ0) is 15.0. The Hall–Kier alpha value is -1.37. The normalized spacial score (nSPS) is 12.9. The summed E-state index contributed by atoms with van der Waals surface area (Å²) >= 11 is 5.21. The van der Waals surface area contributed by atoms with Gasteiger partial charge in [0.1, 0.15) is 11.9 Å². The number of imidazole rings is 1. The Morgan fingerprint density at radius 2 is 2.19 bits per heavy atom. The third-order valence-corrected chi connectivity index (χ3v) is 5.07. The van der Waals surface area contributed by atoms with E-state index in [1.54, 1.807) is 18.3 Å². The molecule has 0 saturated carbocycles. The van der Waals surface area contributed by atoms with E-state index in [1.807, 2.05) is 18.2 Å². The standard InChI is InChI=1S/C15H16BrN3OS/c1-9(20)15-18-12-8-10(17)2-4-13(12)19(15)7-6-11-3-5-14(16)21-11/h2-5,8-9,20H,6-7,17H2,1H3. The third-order valence-electron chi connectivity index (χ3n) is 3.39. The second-order valence-corrected chi connectivity index (χ2v) is 7.55. The zero-order valence-electron chi connectivity index (χ0n) is 11.6. The Balaban J connectivity index is 1.97. The van der Waals surface area contributed by atoms with Crippen molar-refractivity contribution in [1.82, 2.24) is 9.55 Å². The second-order valence-electron chi connectivity index (χ2n) is 5.00. The van der Waals surface area contributed by atoms with Gasteiger partial charge in [-0.15, -0.1) is 11.3 Å². The highest BCUT2D eigenvalue weighted by atomic mass is 79.9. The summed E-state index contributed by atoms with van der Waals surface area (Å²) in [6.45, 7) is 2.52. The van der Waals surface area contributed by atoms with Gasteiger partial charge in [-0.1, -0.05) is 0 Å². The maximum atomic E-state index is 9.96. The molecule has 1 unspecified atom stereocenters. The number of fused-ring (bicyclic) bond motifs is 1. The Morgan fingerprint density at radius 3 is 2.86 bits per heavy atom. The summed E-state index contributed by atoms with van der Waals surface area (Å²) in [5, 5.41) is 9.96. The van der Waals surface area contributed by atoms with Gasteiger partial charge in [-0.3, -0.25) is 0 Å². The molecule has 0 aliphatic rings. The van der Waals surface area contributed by atoms with Gasteiger partial charge in [0.2, 0.25) is 0 Å². The van der Waals surface area contributed by atoms with E-state index in [-0.39, 0.29) is 0 Å². The molecule has 3 rings (SSSR count). The maximum absolute atomic E-state index is 9.96. The lowest BCUT2D eigenvalue weighted by Crippen LogP contribution is -2.08. The molecule has 3 aromatic rings. The number of aryl methyl sites for hydroxylation is 2. The van der Waals surface area contributed by atoms with Crippen LogP contribution in [0.15, 0.2) is 34.1 Å². The molecule has 110 valence electrons. The summed E-state index contributed by atoms with van der Waals surface area (Å²) < 4.78 is 3.21. The predicted octanol–water partition coefficient (Wildman–Crippen LogP) is 3.74. The molecule has 0 bridgehead atoms. The number of nitrogens with zero attached hydrogens (tertiary/aromatic N) is 2. The van der Waals surface area contributed by atoms with Crippen molar-refractivity contribution >= 4 is 44.0 Å². The number of hydrogen-bond acceptors (Lipinski definition) is 4. The smallest absolute Gasteiger partial charge is 0.138 e. The van der Waals surface area contributed by atoms with Gasteiger partial charge >= 0.3 is 0 Å².